The minimum atomic E-state index is -0.127. The predicted molar refractivity (Wildman–Crippen MR) is 103 cm³/mol. The highest BCUT2D eigenvalue weighted by molar-refractivity contribution is 9.12. The van der Waals surface area contributed by atoms with E-state index in [0.29, 0.717) is 21.4 Å². The van der Waals surface area contributed by atoms with E-state index >= 15 is 0 Å². The summed E-state index contributed by atoms with van der Waals surface area (Å²) < 4.78 is 0.397. The monoisotopic (exact) mass is 417 g/mol. The molecular weight excluding hydrogens is 394 g/mol. The molecule has 0 atom stereocenters. The topological polar surface area (TPSA) is 53.5 Å². The van der Waals surface area contributed by atoms with Crippen LogP contribution in [0.1, 0.15) is 64.9 Å². The summed E-state index contributed by atoms with van der Waals surface area (Å²) in [4.78, 5) is 34.8. The third-order valence-corrected chi connectivity index (χ3v) is 6.29. The Bertz CT molecular complexity index is 762. The fraction of sp³-hybridized carbons (Fsp3) is 0.550. The standard InChI is InChI=1S/C20H24BrN3O2/c21-16-18(24-9-5-2-6-10-24)20(26)17-15(19(16)25)11-14(12-22-17)13-23-7-3-1-4-8-23/h11-12H,1-10,13H2. The first-order valence-corrected chi connectivity index (χ1v) is 10.4. The molecule has 1 aliphatic carbocycles. The molecule has 1 aromatic rings. The van der Waals surface area contributed by atoms with Crippen LogP contribution in [-0.4, -0.2) is 52.5 Å². The number of ketones is 2. The van der Waals surface area contributed by atoms with Crippen LogP contribution in [0.15, 0.2) is 22.4 Å². The van der Waals surface area contributed by atoms with Crippen molar-refractivity contribution in [2.24, 2.45) is 0 Å². The predicted octanol–water partition coefficient (Wildman–Crippen LogP) is 3.54. The van der Waals surface area contributed by atoms with Crippen LogP contribution >= 0.6 is 15.9 Å². The zero-order chi connectivity index (χ0) is 18.1. The summed E-state index contributed by atoms with van der Waals surface area (Å²) in [6.45, 7) is 4.62. The van der Waals surface area contributed by atoms with Gasteiger partial charge in [-0.2, -0.15) is 0 Å². The Kier molecular flexibility index (Phi) is 5.23. The number of Topliss-reactive ketones (excluding diaryl/α,β-unsaturated/α-hetero) is 2. The van der Waals surface area contributed by atoms with E-state index in [2.05, 4.69) is 25.8 Å². The molecule has 4 rings (SSSR count). The molecular formula is C20H24BrN3O2. The first-order valence-electron chi connectivity index (χ1n) is 9.60. The van der Waals surface area contributed by atoms with Crippen molar-refractivity contribution in [3.8, 4) is 0 Å². The van der Waals surface area contributed by atoms with E-state index in [1.54, 1.807) is 6.20 Å². The molecule has 0 saturated carbocycles. The van der Waals surface area contributed by atoms with Crippen molar-refractivity contribution in [1.29, 1.82) is 0 Å². The second-order valence-electron chi connectivity index (χ2n) is 7.45. The Labute approximate surface area is 162 Å². The summed E-state index contributed by atoms with van der Waals surface area (Å²) in [5.41, 5.74) is 2.25. The molecule has 0 unspecified atom stereocenters. The molecule has 2 aliphatic heterocycles. The summed E-state index contributed by atoms with van der Waals surface area (Å²) in [6.07, 6.45) is 8.81. The van der Waals surface area contributed by atoms with E-state index in [9.17, 15) is 9.59 Å². The van der Waals surface area contributed by atoms with Gasteiger partial charge in [0.15, 0.2) is 0 Å². The number of carbonyl (C=O) groups excluding carboxylic acids is 2. The number of halogens is 1. The van der Waals surface area contributed by atoms with Crippen molar-refractivity contribution in [3.63, 3.8) is 0 Å². The Morgan fingerprint density at radius 2 is 1.58 bits per heavy atom. The summed E-state index contributed by atoms with van der Waals surface area (Å²) in [6, 6.07) is 1.87. The Morgan fingerprint density at radius 3 is 2.27 bits per heavy atom. The van der Waals surface area contributed by atoms with Crippen LogP contribution in [0.25, 0.3) is 0 Å². The van der Waals surface area contributed by atoms with E-state index in [4.69, 9.17) is 0 Å². The lowest BCUT2D eigenvalue weighted by atomic mass is 9.94. The molecule has 1 aromatic heterocycles. The SMILES string of the molecule is O=C1C(Br)=C(N2CCCCC2)C(=O)c2ncc(CN3CCCCC3)cc21. The number of fused-ring (bicyclic) bond motifs is 1. The molecule has 3 heterocycles. The second-order valence-corrected chi connectivity index (χ2v) is 8.24. The van der Waals surface area contributed by atoms with Gasteiger partial charge in [-0.15, -0.1) is 0 Å². The Balaban J connectivity index is 1.61. The van der Waals surface area contributed by atoms with Gasteiger partial charge in [-0.1, -0.05) is 6.42 Å². The van der Waals surface area contributed by atoms with Gasteiger partial charge in [0.25, 0.3) is 0 Å². The van der Waals surface area contributed by atoms with E-state index in [0.717, 1.165) is 51.1 Å². The van der Waals surface area contributed by atoms with Gasteiger partial charge in [0.1, 0.15) is 11.4 Å². The minimum Gasteiger partial charge on any atom is -0.367 e. The highest BCUT2D eigenvalue weighted by Crippen LogP contribution is 2.32. The summed E-state index contributed by atoms with van der Waals surface area (Å²) in [5.74, 6) is -0.244. The summed E-state index contributed by atoms with van der Waals surface area (Å²) >= 11 is 3.42. The molecule has 0 aromatic carbocycles. The average Bonchev–Trinajstić information content (AvgIpc) is 2.68. The smallest absolute Gasteiger partial charge is 0.229 e. The largest absolute Gasteiger partial charge is 0.367 e. The zero-order valence-electron chi connectivity index (χ0n) is 15.0. The molecule has 0 radical (unpaired) electrons. The average molecular weight is 418 g/mol. The number of carbonyl (C=O) groups is 2. The van der Waals surface area contributed by atoms with Gasteiger partial charge < -0.3 is 4.90 Å². The van der Waals surface area contributed by atoms with Crippen LogP contribution in [0.3, 0.4) is 0 Å². The maximum Gasteiger partial charge on any atom is 0.229 e. The maximum atomic E-state index is 13.0. The van der Waals surface area contributed by atoms with E-state index in [1.807, 2.05) is 11.0 Å². The molecule has 0 amide bonds. The van der Waals surface area contributed by atoms with Gasteiger partial charge in [0.2, 0.25) is 11.6 Å². The van der Waals surface area contributed by atoms with Crippen LogP contribution in [0.4, 0.5) is 0 Å². The fourth-order valence-electron chi connectivity index (χ4n) is 4.16. The van der Waals surface area contributed by atoms with Crippen LogP contribution in [0.5, 0.6) is 0 Å². The normalized spacial score (nSPS) is 22.0. The molecule has 2 saturated heterocycles. The third kappa shape index (κ3) is 3.37. The molecule has 5 nitrogen and oxygen atoms in total. The maximum absolute atomic E-state index is 13.0. The molecule has 138 valence electrons. The quantitative estimate of drug-likeness (QED) is 0.752. The summed E-state index contributed by atoms with van der Waals surface area (Å²) in [5, 5.41) is 0. The highest BCUT2D eigenvalue weighted by Gasteiger charge is 2.35. The first-order chi connectivity index (χ1) is 12.6. The van der Waals surface area contributed by atoms with Crippen molar-refractivity contribution < 1.29 is 9.59 Å². The lowest BCUT2D eigenvalue weighted by Gasteiger charge is -2.32. The Morgan fingerprint density at radius 1 is 0.923 bits per heavy atom. The lowest BCUT2D eigenvalue weighted by Crippen LogP contribution is -2.37. The number of allylic oxidation sites excluding steroid dienone is 2. The van der Waals surface area contributed by atoms with Gasteiger partial charge >= 0.3 is 0 Å². The number of likely N-dealkylation sites (tertiary alicyclic amines) is 2. The van der Waals surface area contributed by atoms with Gasteiger partial charge in [0.05, 0.1) is 10.0 Å². The van der Waals surface area contributed by atoms with Gasteiger partial charge in [-0.05, 0) is 72.8 Å². The first kappa shape index (κ1) is 17.9. The van der Waals surface area contributed by atoms with E-state index in [1.165, 1.54) is 25.7 Å². The molecule has 0 spiro atoms. The van der Waals surface area contributed by atoms with E-state index < -0.39 is 0 Å². The van der Waals surface area contributed by atoms with Gasteiger partial charge in [-0.25, -0.2) is 0 Å². The number of nitrogens with zero attached hydrogens (tertiary/aromatic N) is 3. The number of aromatic nitrogens is 1. The molecule has 2 fully saturated rings. The van der Waals surface area contributed by atoms with Crippen LogP contribution in [0.2, 0.25) is 0 Å². The highest BCUT2D eigenvalue weighted by atomic mass is 79.9. The van der Waals surface area contributed by atoms with Crippen molar-refractivity contribution in [2.45, 2.75) is 45.1 Å². The van der Waals surface area contributed by atoms with Crippen LogP contribution in [-0.2, 0) is 6.54 Å². The van der Waals surface area contributed by atoms with Crippen molar-refractivity contribution in [2.75, 3.05) is 26.2 Å². The second kappa shape index (κ2) is 7.61. The van der Waals surface area contributed by atoms with Crippen molar-refractivity contribution >= 4 is 27.5 Å². The molecule has 3 aliphatic rings. The summed E-state index contributed by atoms with van der Waals surface area (Å²) in [7, 11) is 0. The van der Waals surface area contributed by atoms with Gasteiger partial charge in [-0.3, -0.25) is 19.5 Å². The van der Waals surface area contributed by atoms with E-state index in [-0.39, 0.29) is 11.6 Å². The molecule has 0 N–H and O–H groups in total. The van der Waals surface area contributed by atoms with Crippen molar-refractivity contribution in [1.82, 2.24) is 14.8 Å². The Hall–Kier alpha value is -1.53. The van der Waals surface area contributed by atoms with Crippen molar-refractivity contribution in [3.05, 3.63) is 39.3 Å². The third-order valence-electron chi connectivity index (χ3n) is 5.55. The lowest BCUT2D eigenvalue weighted by molar-refractivity contribution is 0.0936. The number of piperidine rings is 2. The molecule has 6 heteroatoms. The fourth-order valence-corrected chi connectivity index (χ4v) is 4.81. The number of hydrogen-bond donors (Lipinski definition) is 0. The minimum absolute atomic E-state index is 0.117. The van der Waals surface area contributed by atoms with Crippen LogP contribution in [0, 0.1) is 0 Å². The molecule has 26 heavy (non-hydrogen) atoms. The zero-order valence-corrected chi connectivity index (χ0v) is 16.6. The number of pyridine rings is 1. The van der Waals surface area contributed by atoms with Crippen LogP contribution < -0.4 is 0 Å². The van der Waals surface area contributed by atoms with Gasteiger partial charge in [0, 0.05) is 25.8 Å². The number of hydrogen-bond acceptors (Lipinski definition) is 5. The number of rotatable bonds is 3. The molecule has 0 bridgehead atoms.